The SMILES string of the molecule is C=C(c1ccccc1)c1nnnn1C. The van der Waals surface area contributed by atoms with Gasteiger partial charge in [0.15, 0.2) is 5.82 Å². The molecule has 0 spiro atoms. The summed E-state index contributed by atoms with van der Waals surface area (Å²) >= 11 is 0. The van der Waals surface area contributed by atoms with Crippen LogP contribution in [0.1, 0.15) is 11.4 Å². The highest BCUT2D eigenvalue weighted by Crippen LogP contribution is 2.17. The molecule has 0 radical (unpaired) electrons. The molecule has 0 aliphatic rings. The molecule has 4 heteroatoms. The van der Waals surface area contributed by atoms with Crippen LogP contribution >= 0.6 is 0 Å². The Morgan fingerprint density at radius 1 is 1.29 bits per heavy atom. The second kappa shape index (κ2) is 3.41. The fraction of sp³-hybridized carbons (Fsp3) is 0.100. The fourth-order valence-corrected chi connectivity index (χ4v) is 1.25. The van der Waals surface area contributed by atoms with E-state index in [4.69, 9.17) is 0 Å². The van der Waals surface area contributed by atoms with Crippen molar-refractivity contribution < 1.29 is 0 Å². The van der Waals surface area contributed by atoms with E-state index in [1.165, 1.54) is 0 Å². The van der Waals surface area contributed by atoms with Crippen LogP contribution in [0.25, 0.3) is 5.57 Å². The maximum absolute atomic E-state index is 3.96. The van der Waals surface area contributed by atoms with Crippen molar-refractivity contribution in [3.05, 3.63) is 48.3 Å². The molecule has 14 heavy (non-hydrogen) atoms. The van der Waals surface area contributed by atoms with Crippen molar-refractivity contribution in [2.24, 2.45) is 7.05 Å². The van der Waals surface area contributed by atoms with Crippen LogP contribution in [0.5, 0.6) is 0 Å². The zero-order valence-corrected chi connectivity index (χ0v) is 7.88. The maximum Gasteiger partial charge on any atom is 0.181 e. The zero-order chi connectivity index (χ0) is 9.97. The Labute approximate surface area is 81.9 Å². The lowest BCUT2D eigenvalue weighted by molar-refractivity contribution is 0.705. The first-order valence-corrected chi connectivity index (χ1v) is 4.26. The molecule has 2 rings (SSSR count). The second-order valence-corrected chi connectivity index (χ2v) is 2.97. The molecular weight excluding hydrogens is 176 g/mol. The number of aryl methyl sites for hydroxylation is 1. The van der Waals surface area contributed by atoms with Crippen LogP contribution in [0.2, 0.25) is 0 Å². The van der Waals surface area contributed by atoms with Gasteiger partial charge in [0.05, 0.1) is 0 Å². The van der Waals surface area contributed by atoms with Gasteiger partial charge < -0.3 is 0 Å². The first-order chi connectivity index (χ1) is 6.79. The lowest BCUT2D eigenvalue weighted by Crippen LogP contribution is -1.98. The number of hydrogen-bond donors (Lipinski definition) is 0. The van der Waals surface area contributed by atoms with E-state index in [2.05, 4.69) is 22.1 Å². The molecule has 1 heterocycles. The third-order valence-corrected chi connectivity index (χ3v) is 2.01. The Bertz CT molecular complexity index is 444. The van der Waals surface area contributed by atoms with Crippen molar-refractivity contribution in [3.63, 3.8) is 0 Å². The highest BCUT2D eigenvalue weighted by Gasteiger charge is 2.07. The molecule has 1 aromatic carbocycles. The van der Waals surface area contributed by atoms with E-state index < -0.39 is 0 Å². The van der Waals surface area contributed by atoms with Crippen LogP contribution in [0.4, 0.5) is 0 Å². The van der Waals surface area contributed by atoms with Crippen LogP contribution in [0.3, 0.4) is 0 Å². The van der Waals surface area contributed by atoms with E-state index in [9.17, 15) is 0 Å². The van der Waals surface area contributed by atoms with Gasteiger partial charge in [0.25, 0.3) is 0 Å². The molecule has 0 atom stereocenters. The Morgan fingerprint density at radius 2 is 2.00 bits per heavy atom. The Hall–Kier alpha value is -1.97. The van der Waals surface area contributed by atoms with Crippen LogP contribution in [0.15, 0.2) is 36.9 Å². The van der Waals surface area contributed by atoms with Crippen LogP contribution in [-0.2, 0) is 7.05 Å². The van der Waals surface area contributed by atoms with Crippen LogP contribution in [-0.4, -0.2) is 20.2 Å². The predicted molar refractivity (Wildman–Crippen MR) is 53.4 cm³/mol. The van der Waals surface area contributed by atoms with Crippen molar-refractivity contribution in [3.8, 4) is 0 Å². The van der Waals surface area contributed by atoms with Crippen molar-refractivity contribution in [1.29, 1.82) is 0 Å². The average molecular weight is 186 g/mol. The molecule has 1 aromatic heterocycles. The molecule has 0 saturated carbocycles. The molecule has 0 aliphatic carbocycles. The number of benzene rings is 1. The summed E-state index contributed by atoms with van der Waals surface area (Å²) in [6.07, 6.45) is 0. The highest BCUT2D eigenvalue weighted by molar-refractivity contribution is 5.73. The van der Waals surface area contributed by atoms with Crippen LogP contribution < -0.4 is 0 Å². The van der Waals surface area contributed by atoms with E-state index in [-0.39, 0.29) is 0 Å². The normalized spacial score (nSPS) is 10.1. The number of nitrogens with zero attached hydrogens (tertiary/aromatic N) is 4. The largest absolute Gasteiger partial charge is 0.229 e. The van der Waals surface area contributed by atoms with E-state index in [1.54, 1.807) is 11.7 Å². The van der Waals surface area contributed by atoms with Gasteiger partial charge in [0.1, 0.15) is 0 Å². The maximum atomic E-state index is 3.96. The van der Waals surface area contributed by atoms with E-state index >= 15 is 0 Å². The third kappa shape index (κ3) is 1.42. The Kier molecular flexibility index (Phi) is 2.10. The highest BCUT2D eigenvalue weighted by atomic mass is 15.5. The molecule has 2 aromatic rings. The number of rotatable bonds is 2. The second-order valence-electron chi connectivity index (χ2n) is 2.97. The van der Waals surface area contributed by atoms with Gasteiger partial charge in [-0.25, -0.2) is 4.68 Å². The smallest absolute Gasteiger partial charge is 0.181 e. The minimum atomic E-state index is 0.691. The molecular formula is C10H10N4. The molecule has 0 bridgehead atoms. The molecule has 0 fully saturated rings. The topological polar surface area (TPSA) is 43.6 Å². The molecule has 4 nitrogen and oxygen atoms in total. The van der Waals surface area contributed by atoms with Gasteiger partial charge in [-0.05, 0) is 16.0 Å². The Morgan fingerprint density at radius 3 is 2.57 bits per heavy atom. The molecule has 0 amide bonds. The summed E-state index contributed by atoms with van der Waals surface area (Å²) in [4.78, 5) is 0. The van der Waals surface area contributed by atoms with Crippen molar-refractivity contribution in [2.75, 3.05) is 0 Å². The monoisotopic (exact) mass is 186 g/mol. The van der Waals surface area contributed by atoms with E-state index in [0.717, 1.165) is 11.1 Å². The lowest BCUT2D eigenvalue weighted by Gasteiger charge is -2.02. The van der Waals surface area contributed by atoms with Gasteiger partial charge >= 0.3 is 0 Å². The summed E-state index contributed by atoms with van der Waals surface area (Å²) in [5.41, 5.74) is 1.86. The summed E-state index contributed by atoms with van der Waals surface area (Å²) in [5, 5.41) is 11.2. The van der Waals surface area contributed by atoms with Crippen molar-refractivity contribution in [2.45, 2.75) is 0 Å². The van der Waals surface area contributed by atoms with Crippen LogP contribution in [0, 0.1) is 0 Å². The van der Waals surface area contributed by atoms with Crippen molar-refractivity contribution >= 4 is 5.57 Å². The quantitative estimate of drug-likeness (QED) is 0.709. The van der Waals surface area contributed by atoms with Gasteiger partial charge in [-0.1, -0.05) is 36.9 Å². The summed E-state index contributed by atoms with van der Waals surface area (Å²) in [7, 11) is 1.80. The average Bonchev–Trinajstić information content (AvgIpc) is 2.65. The minimum absolute atomic E-state index is 0.691. The summed E-state index contributed by atoms with van der Waals surface area (Å²) < 4.78 is 1.61. The lowest BCUT2D eigenvalue weighted by atomic mass is 10.1. The standard InChI is InChI=1S/C10H10N4/c1-8(9-6-4-3-5-7-9)10-11-12-13-14(10)2/h3-7H,1H2,2H3. The fourth-order valence-electron chi connectivity index (χ4n) is 1.25. The summed E-state index contributed by atoms with van der Waals surface area (Å²) in [5.74, 6) is 0.691. The Balaban J connectivity index is 2.39. The molecule has 0 aliphatic heterocycles. The zero-order valence-electron chi connectivity index (χ0n) is 7.88. The molecule has 70 valence electrons. The van der Waals surface area contributed by atoms with Crippen molar-refractivity contribution in [1.82, 2.24) is 20.2 Å². The summed E-state index contributed by atoms with van der Waals surface area (Å²) in [6, 6.07) is 9.86. The predicted octanol–water partition coefficient (Wildman–Crippen LogP) is 1.27. The van der Waals surface area contributed by atoms with Gasteiger partial charge in [0, 0.05) is 12.6 Å². The van der Waals surface area contributed by atoms with Gasteiger partial charge in [-0.3, -0.25) is 0 Å². The number of aromatic nitrogens is 4. The molecule has 0 N–H and O–H groups in total. The molecule has 0 saturated heterocycles. The van der Waals surface area contributed by atoms with E-state index in [0.29, 0.717) is 5.82 Å². The third-order valence-electron chi connectivity index (χ3n) is 2.01. The number of tetrazole rings is 1. The first kappa shape index (κ1) is 8.62. The van der Waals surface area contributed by atoms with E-state index in [1.807, 2.05) is 30.3 Å². The summed E-state index contributed by atoms with van der Waals surface area (Å²) in [6.45, 7) is 3.96. The van der Waals surface area contributed by atoms with Gasteiger partial charge in [0.2, 0.25) is 0 Å². The number of hydrogen-bond acceptors (Lipinski definition) is 3. The van der Waals surface area contributed by atoms with Gasteiger partial charge in [-0.2, -0.15) is 0 Å². The molecule has 0 unspecified atom stereocenters. The minimum Gasteiger partial charge on any atom is -0.229 e. The first-order valence-electron chi connectivity index (χ1n) is 4.26. The van der Waals surface area contributed by atoms with Gasteiger partial charge in [-0.15, -0.1) is 5.10 Å².